The Labute approximate surface area is 87.7 Å². The van der Waals surface area contributed by atoms with Crippen molar-refractivity contribution in [2.75, 3.05) is 5.32 Å². The van der Waals surface area contributed by atoms with Gasteiger partial charge in [0.05, 0.1) is 11.9 Å². The monoisotopic (exact) mass is 211 g/mol. The van der Waals surface area contributed by atoms with E-state index in [4.69, 9.17) is 5.73 Å². The molecule has 15 heavy (non-hydrogen) atoms. The van der Waals surface area contributed by atoms with E-state index in [0.29, 0.717) is 0 Å². The molecule has 0 spiro atoms. The van der Waals surface area contributed by atoms with Crippen LogP contribution in [0.3, 0.4) is 0 Å². The van der Waals surface area contributed by atoms with Crippen LogP contribution in [0.4, 0.5) is 10.1 Å². The molecule has 0 radical (unpaired) electrons. The lowest BCUT2D eigenvalue weighted by Crippen LogP contribution is -2.36. The fraction of sp³-hybridized carbons (Fsp3) is 0.400. The molecule has 1 aromatic rings. The molecule has 1 amide bonds. The second-order valence-electron chi connectivity index (χ2n) is 4.07. The maximum Gasteiger partial charge on any atom is 0.226 e. The molecule has 1 aromatic heterocycles. The summed E-state index contributed by atoms with van der Waals surface area (Å²) in [6.07, 6.45) is 2.59. The number of carbonyl (C=O) groups excluding carboxylic acids is 1. The van der Waals surface area contributed by atoms with Gasteiger partial charge in [-0.25, -0.2) is 4.39 Å². The number of pyridine rings is 1. The Morgan fingerprint density at radius 1 is 1.67 bits per heavy atom. The molecule has 0 aliphatic heterocycles. The number of aromatic nitrogens is 1. The molecule has 0 aliphatic carbocycles. The zero-order valence-electron chi connectivity index (χ0n) is 8.75. The number of nitrogens with one attached hydrogen (secondary N) is 1. The fourth-order valence-corrected chi connectivity index (χ4v) is 1.08. The number of hydrogen-bond acceptors (Lipinski definition) is 3. The SMILES string of the molecule is CC(C)(N)CC(=O)Nc1ccncc1F. The number of rotatable bonds is 3. The van der Waals surface area contributed by atoms with Crippen molar-refractivity contribution in [2.24, 2.45) is 5.73 Å². The molecule has 3 N–H and O–H groups in total. The Morgan fingerprint density at radius 2 is 2.33 bits per heavy atom. The molecular weight excluding hydrogens is 197 g/mol. The average Bonchev–Trinajstić information content (AvgIpc) is 2.05. The summed E-state index contributed by atoms with van der Waals surface area (Å²) in [5.74, 6) is -0.867. The van der Waals surface area contributed by atoms with Crippen molar-refractivity contribution in [1.82, 2.24) is 4.98 Å². The number of nitrogens with zero attached hydrogens (tertiary/aromatic N) is 1. The number of anilines is 1. The molecular formula is C10H14FN3O. The van der Waals surface area contributed by atoms with Crippen molar-refractivity contribution in [3.63, 3.8) is 0 Å². The lowest BCUT2D eigenvalue weighted by Gasteiger charge is -2.17. The minimum atomic E-state index is -0.604. The maximum absolute atomic E-state index is 13.1. The summed E-state index contributed by atoms with van der Waals surface area (Å²) in [5, 5.41) is 2.43. The van der Waals surface area contributed by atoms with Crippen molar-refractivity contribution in [3.05, 3.63) is 24.3 Å². The van der Waals surface area contributed by atoms with E-state index in [1.165, 1.54) is 12.3 Å². The Bertz CT molecular complexity index is 360. The van der Waals surface area contributed by atoms with Gasteiger partial charge in [-0.15, -0.1) is 0 Å². The van der Waals surface area contributed by atoms with Gasteiger partial charge in [0.25, 0.3) is 0 Å². The second kappa shape index (κ2) is 4.35. The first-order valence-electron chi connectivity index (χ1n) is 4.57. The molecule has 0 saturated carbocycles. The van der Waals surface area contributed by atoms with Crippen LogP contribution >= 0.6 is 0 Å². The first-order valence-corrected chi connectivity index (χ1v) is 4.57. The first-order chi connectivity index (χ1) is 6.88. The topological polar surface area (TPSA) is 68.0 Å². The number of halogens is 1. The molecule has 0 atom stereocenters. The van der Waals surface area contributed by atoms with Crippen molar-refractivity contribution >= 4 is 11.6 Å². The van der Waals surface area contributed by atoms with Crippen LogP contribution in [-0.2, 0) is 4.79 Å². The Morgan fingerprint density at radius 3 is 2.87 bits per heavy atom. The molecule has 0 bridgehead atoms. The van der Waals surface area contributed by atoms with E-state index in [1.54, 1.807) is 13.8 Å². The van der Waals surface area contributed by atoms with Crippen LogP contribution in [-0.4, -0.2) is 16.4 Å². The number of amides is 1. The second-order valence-corrected chi connectivity index (χ2v) is 4.07. The van der Waals surface area contributed by atoms with E-state index in [2.05, 4.69) is 10.3 Å². The highest BCUT2D eigenvalue weighted by molar-refractivity contribution is 5.91. The minimum Gasteiger partial charge on any atom is -0.325 e. The number of carbonyl (C=O) groups is 1. The van der Waals surface area contributed by atoms with Crippen molar-refractivity contribution in [3.8, 4) is 0 Å². The van der Waals surface area contributed by atoms with Crippen molar-refractivity contribution in [2.45, 2.75) is 25.8 Å². The predicted octanol–water partition coefficient (Wildman–Crippen LogP) is 1.29. The highest BCUT2D eigenvalue weighted by Crippen LogP contribution is 2.12. The molecule has 4 nitrogen and oxygen atoms in total. The van der Waals surface area contributed by atoms with Crippen LogP contribution in [0.15, 0.2) is 18.5 Å². The third-order valence-corrected chi connectivity index (χ3v) is 1.66. The number of hydrogen-bond donors (Lipinski definition) is 2. The van der Waals surface area contributed by atoms with Crippen LogP contribution in [0.2, 0.25) is 0 Å². The molecule has 1 rings (SSSR count). The Balaban J connectivity index is 2.64. The molecule has 0 fully saturated rings. The summed E-state index contributed by atoms with van der Waals surface area (Å²) in [6, 6.07) is 1.40. The molecule has 82 valence electrons. The third-order valence-electron chi connectivity index (χ3n) is 1.66. The highest BCUT2D eigenvalue weighted by atomic mass is 19.1. The fourth-order valence-electron chi connectivity index (χ4n) is 1.08. The van der Waals surface area contributed by atoms with Crippen LogP contribution in [0, 0.1) is 5.82 Å². The lowest BCUT2D eigenvalue weighted by molar-refractivity contribution is -0.117. The summed E-state index contributed by atoms with van der Waals surface area (Å²) >= 11 is 0. The van der Waals surface area contributed by atoms with Gasteiger partial charge in [-0.05, 0) is 19.9 Å². The molecule has 5 heteroatoms. The van der Waals surface area contributed by atoms with Gasteiger partial charge in [-0.3, -0.25) is 9.78 Å². The minimum absolute atomic E-state index is 0.124. The Hall–Kier alpha value is -1.49. The number of nitrogens with two attached hydrogens (primary N) is 1. The highest BCUT2D eigenvalue weighted by Gasteiger charge is 2.17. The van der Waals surface area contributed by atoms with E-state index < -0.39 is 11.4 Å². The van der Waals surface area contributed by atoms with Gasteiger partial charge >= 0.3 is 0 Å². The first kappa shape index (κ1) is 11.6. The van der Waals surface area contributed by atoms with Gasteiger partial charge < -0.3 is 11.1 Å². The summed E-state index contributed by atoms with van der Waals surface area (Å²) < 4.78 is 13.1. The summed E-state index contributed by atoms with van der Waals surface area (Å²) in [4.78, 5) is 15.0. The van der Waals surface area contributed by atoms with Crippen LogP contribution in [0.5, 0.6) is 0 Å². The quantitative estimate of drug-likeness (QED) is 0.791. The molecule has 0 aliphatic rings. The van der Waals surface area contributed by atoms with Gasteiger partial charge in [0.1, 0.15) is 0 Å². The van der Waals surface area contributed by atoms with E-state index in [9.17, 15) is 9.18 Å². The Kier molecular flexibility index (Phi) is 3.36. The van der Waals surface area contributed by atoms with Crippen LogP contribution in [0.1, 0.15) is 20.3 Å². The molecule has 0 unspecified atom stereocenters. The normalized spacial score (nSPS) is 11.2. The van der Waals surface area contributed by atoms with Crippen LogP contribution in [0.25, 0.3) is 0 Å². The van der Waals surface area contributed by atoms with Gasteiger partial charge in [0, 0.05) is 18.2 Å². The average molecular weight is 211 g/mol. The zero-order chi connectivity index (χ0) is 11.5. The van der Waals surface area contributed by atoms with E-state index in [0.717, 1.165) is 6.20 Å². The van der Waals surface area contributed by atoms with Gasteiger partial charge in [0.2, 0.25) is 5.91 Å². The van der Waals surface area contributed by atoms with Crippen molar-refractivity contribution < 1.29 is 9.18 Å². The lowest BCUT2D eigenvalue weighted by atomic mass is 10.0. The maximum atomic E-state index is 13.1. The molecule has 0 aromatic carbocycles. The summed E-state index contributed by atoms with van der Waals surface area (Å²) in [6.45, 7) is 3.46. The zero-order valence-corrected chi connectivity index (χ0v) is 8.75. The van der Waals surface area contributed by atoms with Gasteiger partial charge in [-0.2, -0.15) is 0 Å². The molecule has 1 heterocycles. The van der Waals surface area contributed by atoms with E-state index >= 15 is 0 Å². The standard InChI is InChI=1S/C10H14FN3O/c1-10(2,12)5-9(15)14-8-3-4-13-6-7(8)11/h3-4,6H,5,12H2,1-2H3,(H,13,14,15). The predicted molar refractivity (Wildman–Crippen MR) is 55.7 cm³/mol. The third kappa shape index (κ3) is 4.03. The smallest absolute Gasteiger partial charge is 0.226 e. The molecule has 0 saturated heterocycles. The van der Waals surface area contributed by atoms with E-state index in [1.807, 2.05) is 0 Å². The van der Waals surface area contributed by atoms with E-state index in [-0.39, 0.29) is 18.0 Å². The van der Waals surface area contributed by atoms with Gasteiger partial charge in [-0.1, -0.05) is 0 Å². The summed E-state index contributed by atoms with van der Waals surface area (Å²) in [5.41, 5.74) is 5.18. The summed E-state index contributed by atoms with van der Waals surface area (Å²) in [7, 11) is 0. The largest absolute Gasteiger partial charge is 0.325 e. The van der Waals surface area contributed by atoms with Gasteiger partial charge in [0.15, 0.2) is 5.82 Å². The van der Waals surface area contributed by atoms with Crippen LogP contribution < -0.4 is 11.1 Å². The van der Waals surface area contributed by atoms with Crippen molar-refractivity contribution in [1.29, 1.82) is 0 Å².